The highest BCUT2D eigenvalue weighted by Crippen LogP contribution is 2.61. The molecule has 4 aliphatic rings. The molecule has 1 aromatic heterocycles. The van der Waals surface area contributed by atoms with Gasteiger partial charge in [-0.3, -0.25) is 9.59 Å². The molecule has 6 rings (SSSR count). The Morgan fingerprint density at radius 2 is 1.81 bits per heavy atom. The van der Waals surface area contributed by atoms with E-state index in [0.717, 1.165) is 17.8 Å². The number of esters is 1. The molecular formula is C24H29N3O5. The summed E-state index contributed by atoms with van der Waals surface area (Å²) in [5, 5.41) is 6.67. The summed E-state index contributed by atoms with van der Waals surface area (Å²) in [6.07, 6.45) is 8.08. The average Bonchev–Trinajstić information content (AvgIpc) is 3.24. The summed E-state index contributed by atoms with van der Waals surface area (Å²) < 4.78 is 15.7. The van der Waals surface area contributed by atoms with Crippen LogP contribution in [0.25, 0.3) is 11.4 Å². The van der Waals surface area contributed by atoms with Gasteiger partial charge in [-0.2, -0.15) is 4.98 Å². The Morgan fingerprint density at radius 1 is 1.12 bits per heavy atom. The molecule has 4 fully saturated rings. The Balaban J connectivity index is 1.08. The Hall–Kier alpha value is -2.90. The van der Waals surface area contributed by atoms with Gasteiger partial charge in [0.2, 0.25) is 11.7 Å². The molecule has 1 amide bonds. The van der Waals surface area contributed by atoms with E-state index in [9.17, 15) is 9.59 Å². The van der Waals surface area contributed by atoms with Gasteiger partial charge in [0.25, 0.3) is 5.89 Å². The Kier molecular flexibility index (Phi) is 5.61. The number of para-hydroxylation sites is 1. The smallest absolute Gasteiger partial charge is 0.325 e. The predicted molar refractivity (Wildman–Crippen MR) is 114 cm³/mol. The highest BCUT2D eigenvalue weighted by atomic mass is 16.6. The van der Waals surface area contributed by atoms with E-state index in [1.54, 1.807) is 13.2 Å². The van der Waals surface area contributed by atoms with E-state index in [1.807, 2.05) is 18.2 Å². The van der Waals surface area contributed by atoms with Crippen molar-refractivity contribution in [2.24, 2.45) is 23.2 Å². The van der Waals surface area contributed by atoms with Crippen molar-refractivity contribution in [3.63, 3.8) is 0 Å². The fourth-order valence-corrected chi connectivity index (χ4v) is 6.53. The lowest BCUT2D eigenvalue weighted by Gasteiger charge is -2.56. The molecule has 4 saturated carbocycles. The zero-order valence-corrected chi connectivity index (χ0v) is 18.3. The summed E-state index contributed by atoms with van der Waals surface area (Å²) in [5.41, 5.74) is 0.842. The van der Waals surface area contributed by atoms with Crippen LogP contribution in [0.4, 0.5) is 0 Å². The van der Waals surface area contributed by atoms with Crippen LogP contribution in [0.2, 0.25) is 0 Å². The van der Waals surface area contributed by atoms with E-state index in [1.165, 1.54) is 38.5 Å². The summed E-state index contributed by atoms with van der Waals surface area (Å²) in [7, 11) is 1.57. The molecule has 0 unspecified atom stereocenters. The highest BCUT2D eigenvalue weighted by molar-refractivity contribution is 5.82. The van der Waals surface area contributed by atoms with Gasteiger partial charge in [-0.25, -0.2) is 0 Å². The van der Waals surface area contributed by atoms with E-state index in [2.05, 4.69) is 15.5 Å². The van der Waals surface area contributed by atoms with Crippen LogP contribution in [0.1, 0.15) is 50.8 Å². The molecular weight excluding hydrogens is 410 g/mol. The number of rotatable bonds is 8. The van der Waals surface area contributed by atoms with E-state index < -0.39 is 5.97 Å². The lowest BCUT2D eigenvalue weighted by molar-refractivity contribution is -0.146. The van der Waals surface area contributed by atoms with Crippen LogP contribution >= 0.6 is 0 Å². The standard InChI is InChI=1S/C24H29N3O5/c1-30-19-5-3-2-4-18(19)23-26-21(32-27-23)14-31-22(29)13-25-20(28)12-24-9-15-6-16(10-24)8-17(7-15)11-24/h2-5,15-17H,6-14H2,1H3,(H,25,28). The number of amides is 1. The first kappa shape index (κ1) is 21.0. The third-order valence-electron chi connectivity index (χ3n) is 7.30. The van der Waals surface area contributed by atoms with Gasteiger partial charge in [-0.1, -0.05) is 17.3 Å². The minimum atomic E-state index is -0.527. The number of carbonyl (C=O) groups is 2. The van der Waals surface area contributed by atoms with Crippen molar-refractivity contribution in [1.29, 1.82) is 0 Å². The molecule has 0 radical (unpaired) electrons. The van der Waals surface area contributed by atoms with Crippen molar-refractivity contribution >= 4 is 11.9 Å². The molecule has 1 heterocycles. The maximum atomic E-state index is 12.6. The van der Waals surface area contributed by atoms with E-state index in [-0.39, 0.29) is 30.4 Å². The van der Waals surface area contributed by atoms with Crippen molar-refractivity contribution < 1.29 is 23.6 Å². The van der Waals surface area contributed by atoms with Crippen LogP contribution in [-0.4, -0.2) is 35.7 Å². The molecule has 0 aliphatic heterocycles. The first-order valence-corrected chi connectivity index (χ1v) is 11.4. The lowest BCUT2D eigenvalue weighted by Crippen LogP contribution is -2.48. The van der Waals surface area contributed by atoms with Gasteiger partial charge >= 0.3 is 5.97 Å². The minimum absolute atomic E-state index is 0.0554. The fourth-order valence-electron chi connectivity index (χ4n) is 6.53. The van der Waals surface area contributed by atoms with Gasteiger partial charge in [0.05, 0.1) is 12.7 Å². The second kappa shape index (κ2) is 8.56. The second-order valence-corrected chi connectivity index (χ2v) is 9.74. The van der Waals surface area contributed by atoms with Crippen LogP contribution in [-0.2, 0) is 20.9 Å². The van der Waals surface area contributed by atoms with Crippen molar-refractivity contribution in [1.82, 2.24) is 15.5 Å². The molecule has 0 saturated heterocycles. The molecule has 1 N–H and O–H groups in total. The Morgan fingerprint density at radius 3 is 2.50 bits per heavy atom. The summed E-state index contributed by atoms with van der Waals surface area (Å²) in [6.45, 7) is -0.301. The summed E-state index contributed by atoms with van der Waals surface area (Å²) >= 11 is 0. The van der Waals surface area contributed by atoms with Gasteiger partial charge in [-0.05, 0) is 73.8 Å². The quantitative estimate of drug-likeness (QED) is 0.628. The van der Waals surface area contributed by atoms with Crippen LogP contribution in [0.15, 0.2) is 28.8 Å². The zero-order chi connectivity index (χ0) is 22.1. The van der Waals surface area contributed by atoms with Gasteiger partial charge in [0.15, 0.2) is 6.61 Å². The third kappa shape index (κ3) is 4.36. The van der Waals surface area contributed by atoms with Gasteiger partial charge < -0.3 is 19.3 Å². The molecule has 8 heteroatoms. The zero-order valence-electron chi connectivity index (χ0n) is 18.3. The van der Waals surface area contributed by atoms with E-state index in [0.29, 0.717) is 23.6 Å². The fraction of sp³-hybridized carbons (Fsp3) is 0.583. The molecule has 0 atom stereocenters. The molecule has 170 valence electrons. The van der Waals surface area contributed by atoms with Gasteiger partial charge in [-0.15, -0.1) is 0 Å². The maximum absolute atomic E-state index is 12.6. The number of hydrogen-bond acceptors (Lipinski definition) is 7. The molecule has 32 heavy (non-hydrogen) atoms. The number of aromatic nitrogens is 2. The summed E-state index contributed by atoms with van der Waals surface area (Å²) in [4.78, 5) is 28.9. The molecule has 8 nitrogen and oxygen atoms in total. The molecule has 1 aromatic carbocycles. The number of nitrogens with one attached hydrogen (secondary N) is 1. The van der Waals surface area contributed by atoms with Crippen LogP contribution < -0.4 is 10.1 Å². The Labute approximate surface area is 187 Å². The minimum Gasteiger partial charge on any atom is -0.496 e. The van der Waals surface area contributed by atoms with Crippen LogP contribution in [0.3, 0.4) is 0 Å². The van der Waals surface area contributed by atoms with Crippen LogP contribution in [0, 0.1) is 23.2 Å². The first-order chi connectivity index (χ1) is 15.5. The SMILES string of the molecule is COc1ccccc1-c1noc(COC(=O)CNC(=O)CC23CC4CC(CC(C4)C2)C3)n1. The molecule has 4 aliphatic carbocycles. The van der Waals surface area contributed by atoms with Crippen molar-refractivity contribution in [3.05, 3.63) is 30.2 Å². The predicted octanol–water partition coefficient (Wildman–Crippen LogP) is 3.51. The van der Waals surface area contributed by atoms with E-state index >= 15 is 0 Å². The molecule has 0 spiro atoms. The average molecular weight is 440 g/mol. The highest BCUT2D eigenvalue weighted by Gasteiger charge is 2.51. The second-order valence-electron chi connectivity index (χ2n) is 9.74. The third-order valence-corrected chi connectivity index (χ3v) is 7.30. The summed E-state index contributed by atoms with van der Waals surface area (Å²) in [6, 6.07) is 7.32. The number of hydrogen-bond donors (Lipinski definition) is 1. The lowest BCUT2D eigenvalue weighted by atomic mass is 9.49. The van der Waals surface area contributed by atoms with Crippen LogP contribution in [0.5, 0.6) is 5.75 Å². The molecule has 4 bridgehead atoms. The van der Waals surface area contributed by atoms with Crippen molar-refractivity contribution in [2.75, 3.05) is 13.7 Å². The number of methoxy groups -OCH3 is 1. The summed E-state index contributed by atoms with van der Waals surface area (Å²) in [5.74, 6) is 2.98. The topological polar surface area (TPSA) is 104 Å². The van der Waals surface area contributed by atoms with E-state index in [4.69, 9.17) is 14.0 Å². The number of carbonyl (C=O) groups excluding carboxylic acids is 2. The van der Waals surface area contributed by atoms with Crippen molar-refractivity contribution in [2.45, 2.75) is 51.6 Å². The van der Waals surface area contributed by atoms with Crippen molar-refractivity contribution in [3.8, 4) is 17.1 Å². The largest absolute Gasteiger partial charge is 0.496 e. The van der Waals surface area contributed by atoms with Gasteiger partial charge in [0, 0.05) is 6.42 Å². The normalized spacial score (nSPS) is 27.8. The number of ether oxygens (including phenoxy) is 2. The maximum Gasteiger partial charge on any atom is 0.325 e. The number of benzene rings is 1. The molecule has 2 aromatic rings. The Bertz CT molecular complexity index is 966. The number of nitrogens with zero attached hydrogens (tertiary/aromatic N) is 2. The first-order valence-electron chi connectivity index (χ1n) is 11.4. The monoisotopic (exact) mass is 439 g/mol. The van der Waals surface area contributed by atoms with Gasteiger partial charge in [0.1, 0.15) is 12.3 Å².